The van der Waals surface area contributed by atoms with Gasteiger partial charge in [-0.05, 0) is 61.6 Å². The van der Waals surface area contributed by atoms with Crippen LogP contribution in [0.15, 0.2) is 36.4 Å². The number of carbonyl (C=O) groups is 2. The molecule has 0 saturated heterocycles. The number of carbonyl (C=O) groups excluding carboxylic acids is 2. The SMILES string of the molecule is CCCOC(=O)[N@+]1(N(Cc2cc(C(F)(F)F)cc(C(F)(F)F)c2)C(=O)OC)c2ccc(C(F)(F)F)cc2CC[C@@H]1C1CCC1. The topological polar surface area (TPSA) is 55.8 Å². The van der Waals surface area contributed by atoms with Gasteiger partial charge in [0.15, 0.2) is 5.69 Å². The zero-order valence-electron chi connectivity index (χ0n) is 23.7. The van der Waals surface area contributed by atoms with E-state index >= 15 is 0 Å². The predicted octanol–water partition coefficient (Wildman–Crippen LogP) is 8.90. The Morgan fingerprint density at radius 2 is 1.45 bits per heavy atom. The van der Waals surface area contributed by atoms with Gasteiger partial charge in [-0.2, -0.15) is 44.3 Å². The maximum absolute atomic E-state index is 14.2. The molecule has 0 radical (unpaired) electrons. The highest BCUT2D eigenvalue weighted by molar-refractivity contribution is 5.88. The second-order valence-electron chi connectivity index (χ2n) is 10.9. The molecular weight excluding hydrogens is 611 g/mol. The summed E-state index contributed by atoms with van der Waals surface area (Å²) in [6.45, 7) is 0.494. The highest BCUT2D eigenvalue weighted by Gasteiger charge is 2.62. The van der Waals surface area contributed by atoms with E-state index in [9.17, 15) is 49.1 Å². The third-order valence-corrected chi connectivity index (χ3v) is 8.11. The molecule has 242 valence electrons. The molecule has 6 nitrogen and oxygen atoms in total. The summed E-state index contributed by atoms with van der Waals surface area (Å²) in [7, 11) is 0.909. The number of rotatable bonds is 5. The first-order valence-electron chi connectivity index (χ1n) is 13.9. The molecule has 2 aromatic rings. The average molecular weight is 642 g/mol. The molecule has 2 amide bonds. The molecule has 0 spiro atoms. The summed E-state index contributed by atoms with van der Waals surface area (Å²) in [5.74, 6) is -0.265. The fraction of sp³-hybridized carbons (Fsp3) is 0.517. The van der Waals surface area contributed by atoms with Crippen LogP contribution in [0.2, 0.25) is 0 Å². The van der Waals surface area contributed by atoms with Gasteiger partial charge in [-0.3, -0.25) is 0 Å². The summed E-state index contributed by atoms with van der Waals surface area (Å²) in [6.07, 6.45) is -15.2. The van der Waals surface area contributed by atoms with Gasteiger partial charge in [0, 0.05) is 24.0 Å². The molecular formula is C29H30F9N2O4+. The van der Waals surface area contributed by atoms with Gasteiger partial charge in [0.1, 0.15) is 12.6 Å². The normalized spacial score (nSPS) is 20.8. The van der Waals surface area contributed by atoms with Crippen LogP contribution in [0, 0.1) is 5.92 Å². The smallest absolute Gasteiger partial charge is 0.450 e. The first kappa shape index (κ1) is 33.4. The lowest BCUT2D eigenvalue weighted by Gasteiger charge is -2.51. The summed E-state index contributed by atoms with van der Waals surface area (Å²) < 4.78 is 132. The summed E-state index contributed by atoms with van der Waals surface area (Å²) in [5, 5.41) is 0.669. The number of aryl methyl sites for hydroxylation is 1. The van der Waals surface area contributed by atoms with E-state index in [0.717, 1.165) is 25.7 Å². The molecule has 1 aliphatic heterocycles. The fourth-order valence-corrected chi connectivity index (χ4v) is 5.95. The maximum atomic E-state index is 14.2. The highest BCUT2D eigenvalue weighted by Crippen LogP contribution is 2.49. The largest absolute Gasteiger partial charge is 0.547 e. The van der Waals surface area contributed by atoms with E-state index in [-0.39, 0.29) is 42.7 Å². The van der Waals surface area contributed by atoms with Crippen molar-refractivity contribution in [3.05, 3.63) is 64.2 Å². The number of alkyl halides is 9. The summed E-state index contributed by atoms with van der Waals surface area (Å²) in [6, 6.07) is 2.49. The molecule has 2 aliphatic rings. The molecule has 2 atom stereocenters. The highest BCUT2D eigenvalue weighted by atomic mass is 19.4. The summed E-state index contributed by atoms with van der Waals surface area (Å²) in [5.41, 5.74) is -5.03. The van der Waals surface area contributed by atoms with Crippen LogP contribution in [0.5, 0.6) is 0 Å². The lowest BCUT2D eigenvalue weighted by molar-refractivity contribution is -0.143. The molecule has 2 aromatic carbocycles. The van der Waals surface area contributed by atoms with Gasteiger partial charge in [0.05, 0.1) is 30.4 Å². The molecule has 15 heteroatoms. The standard InChI is InChI=1S/C29H30F9N2O4/c1-3-11-44-26(42)40(23(18-5-4-6-18)9-7-19-14-20(27(30,31)32)8-10-24(19)40)39(25(41)43-2)16-17-12-21(28(33,34)35)15-22(13-17)29(36,37)38/h8,10,12-15,18,23H,3-7,9,11,16H2,1-2H3/q+1/t23-,40-/m1/s1. The van der Waals surface area contributed by atoms with Gasteiger partial charge >= 0.3 is 30.7 Å². The Bertz CT molecular complexity index is 1350. The van der Waals surface area contributed by atoms with Crippen molar-refractivity contribution in [1.29, 1.82) is 0 Å². The van der Waals surface area contributed by atoms with Crippen molar-refractivity contribution >= 4 is 17.9 Å². The van der Waals surface area contributed by atoms with Gasteiger partial charge in [-0.25, -0.2) is 4.79 Å². The molecule has 1 aliphatic carbocycles. The van der Waals surface area contributed by atoms with Crippen LogP contribution in [-0.2, 0) is 41.0 Å². The van der Waals surface area contributed by atoms with Crippen LogP contribution >= 0.6 is 0 Å². The van der Waals surface area contributed by atoms with Gasteiger partial charge in [0.2, 0.25) is 0 Å². The zero-order valence-corrected chi connectivity index (χ0v) is 23.7. The zero-order chi connectivity index (χ0) is 32.7. The minimum atomic E-state index is -5.20. The molecule has 1 heterocycles. The number of quaternary nitrogens is 1. The Morgan fingerprint density at radius 1 is 0.864 bits per heavy atom. The van der Waals surface area contributed by atoms with Crippen molar-refractivity contribution in [3.63, 3.8) is 0 Å². The van der Waals surface area contributed by atoms with E-state index in [1.165, 1.54) is 0 Å². The Balaban J connectivity index is 2.02. The molecule has 0 N–H and O–H groups in total. The van der Waals surface area contributed by atoms with Crippen LogP contribution in [-0.4, -0.2) is 37.0 Å². The van der Waals surface area contributed by atoms with Crippen molar-refractivity contribution in [2.75, 3.05) is 13.7 Å². The minimum Gasteiger partial charge on any atom is -0.450 e. The lowest BCUT2D eigenvalue weighted by Crippen LogP contribution is -2.74. The monoisotopic (exact) mass is 641 g/mol. The number of ether oxygens (including phenoxy) is 2. The molecule has 1 saturated carbocycles. The summed E-state index contributed by atoms with van der Waals surface area (Å²) >= 11 is 0. The van der Waals surface area contributed by atoms with E-state index in [1.807, 2.05) is 0 Å². The number of methoxy groups -OCH3 is 1. The Kier molecular flexibility index (Phi) is 9.21. The summed E-state index contributed by atoms with van der Waals surface area (Å²) in [4.78, 5) is 27.7. The number of hydrogen-bond donors (Lipinski definition) is 0. The van der Waals surface area contributed by atoms with E-state index in [2.05, 4.69) is 0 Å². The number of amides is 2. The van der Waals surface area contributed by atoms with Crippen LogP contribution in [0.4, 0.5) is 54.8 Å². The van der Waals surface area contributed by atoms with E-state index < -0.39 is 70.1 Å². The average Bonchev–Trinajstić information content (AvgIpc) is 2.91. The van der Waals surface area contributed by atoms with Crippen LogP contribution in [0.1, 0.15) is 66.8 Å². The molecule has 1 fully saturated rings. The van der Waals surface area contributed by atoms with Gasteiger partial charge in [0.25, 0.3) is 0 Å². The van der Waals surface area contributed by atoms with Gasteiger partial charge < -0.3 is 9.47 Å². The van der Waals surface area contributed by atoms with Gasteiger partial charge in [-0.1, -0.05) is 17.9 Å². The number of nitrogens with zero attached hydrogens (tertiary/aromatic N) is 2. The lowest BCUT2D eigenvalue weighted by atomic mass is 9.74. The predicted molar refractivity (Wildman–Crippen MR) is 139 cm³/mol. The van der Waals surface area contributed by atoms with Crippen molar-refractivity contribution in [2.45, 2.75) is 76.6 Å². The number of halogens is 9. The number of benzene rings is 2. The van der Waals surface area contributed by atoms with E-state index in [0.29, 0.717) is 42.5 Å². The minimum absolute atomic E-state index is 0.0257. The quantitative estimate of drug-likeness (QED) is 0.242. The first-order chi connectivity index (χ1) is 20.4. The number of fused-ring (bicyclic) bond motifs is 1. The number of hydrogen-bond acceptors (Lipinski definition) is 4. The van der Waals surface area contributed by atoms with Crippen molar-refractivity contribution in [3.8, 4) is 0 Å². The van der Waals surface area contributed by atoms with E-state index in [1.54, 1.807) is 6.92 Å². The van der Waals surface area contributed by atoms with Gasteiger partial charge in [-0.15, -0.1) is 5.01 Å². The van der Waals surface area contributed by atoms with E-state index in [4.69, 9.17) is 9.47 Å². The maximum Gasteiger partial charge on any atom is 0.547 e. The molecule has 0 unspecified atom stereocenters. The fourth-order valence-electron chi connectivity index (χ4n) is 5.95. The Hall–Kier alpha value is -3.49. The Labute approximate surface area is 246 Å². The third-order valence-electron chi connectivity index (χ3n) is 8.11. The molecule has 4 rings (SSSR count). The Morgan fingerprint density at radius 3 is 1.93 bits per heavy atom. The van der Waals surface area contributed by atoms with Crippen LogP contribution in [0.3, 0.4) is 0 Å². The van der Waals surface area contributed by atoms with Crippen molar-refractivity contribution in [1.82, 2.24) is 9.60 Å². The van der Waals surface area contributed by atoms with Crippen LogP contribution in [0.25, 0.3) is 0 Å². The third kappa shape index (κ3) is 6.33. The first-order valence-corrected chi connectivity index (χ1v) is 13.9. The molecule has 0 bridgehead atoms. The van der Waals surface area contributed by atoms with Crippen molar-refractivity contribution in [2.24, 2.45) is 5.92 Å². The molecule has 44 heavy (non-hydrogen) atoms. The van der Waals surface area contributed by atoms with Crippen LogP contribution < -0.4 is 4.59 Å². The van der Waals surface area contributed by atoms with Crippen molar-refractivity contribution < 1.29 is 58.6 Å². The second-order valence-corrected chi connectivity index (χ2v) is 10.9. The second kappa shape index (κ2) is 12.1. The molecule has 0 aromatic heterocycles.